The zero-order chi connectivity index (χ0) is 19.2. The van der Waals surface area contributed by atoms with Gasteiger partial charge in [0.05, 0.1) is 0 Å². The summed E-state index contributed by atoms with van der Waals surface area (Å²) in [6.07, 6.45) is 2.08. The Hall–Kier alpha value is -3.15. The van der Waals surface area contributed by atoms with E-state index in [1.165, 1.54) is 0 Å². The van der Waals surface area contributed by atoms with E-state index in [0.717, 1.165) is 12.8 Å². The average molecular weight is 365 g/mol. The van der Waals surface area contributed by atoms with Crippen LogP contribution in [-0.2, 0) is 9.59 Å². The first-order valence-electron chi connectivity index (χ1n) is 9.08. The molecule has 0 heterocycles. The summed E-state index contributed by atoms with van der Waals surface area (Å²) in [7, 11) is 0. The van der Waals surface area contributed by atoms with E-state index in [-0.39, 0.29) is 36.1 Å². The summed E-state index contributed by atoms with van der Waals surface area (Å²) < 4.78 is 0. The molecule has 27 heavy (non-hydrogen) atoms. The molecule has 0 aliphatic heterocycles. The highest BCUT2D eigenvalue weighted by Gasteiger charge is 2.29. The van der Waals surface area contributed by atoms with Crippen molar-refractivity contribution < 1.29 is 14.4 Å². The summed E-state index contributed by atoms with van der Waals surface area (Å²) in [6.45, 7) is 1.79. The standard InChI is InChI=1S/C21H23N3O3/c1-14(22-20(26)15-5-3-2-4-6-15)13-19(25)23-17-9-11-18(12-10-17)24-21(27)16-7-8-16/h2-6,9-12,14,16H,7-8,13H2,1H3,(H,22,26)(H,23,25)(H,24,27). The smallest absolute Gasteiger partial charge is 0.251 e. The lowest BCUT2D eigenvalue weighted by atomic mass is 10.1. The van der Waals surface area contributed by atoms with Crippen LogP contribution in [0.15, 0.2) is 54.6 Å². The van der Waals surface area contributed by atoms with Crippen molar-refractivity contribution in [3.8, 4) is 0 Å². The number of hydrogen-bond donors (Lipinski definition) is 3. The van der Waals surface area contributed by atoms with Gasteiger partial charge in [0.25, 0.3) is 5.91 Å². The van der Waals surface area contributed by atoms with Gasteiger partial charge in [-0.1, -0.05) is 18.2 Å². The van der Waals surface area contributed by atoms with Gasteiger partial charge in [-0.25, -0.2) is 0 Å². The fourth-order valence-electron chi connectivity index (χ4n) is 2.66. The highest BCUT2D eigenvalue weighted by Crippen LogP contribution is 2.30. The monoisotopic (exact) mass is 365 g/mol. The van der Waals surface area contributed by atoms with Crippen LogP contribution in [0.5, 0.6) is 0 Å². The van der Waals surface area contributed by atoms with Gasteiger partial charge in [-0.2, -0.15) is 0 Å². The Morgan fingerprint density at radius 1 is 0.926 bits per heavy atom. The first-order valence-corrected chi connectivity index (χ1v) is 9.08. The summed E-state index contributed by atoms with van der Waals surface area (Å²) in [6, 6.07) is 15.6. The maximum atomic E-state index is 12.2. The number of rotatable bonds is 7. The van der Waals surface area contributed by atoms with E-state index in [1.807, 2.05) is 6.07 Å². The molecule has 6 nitrogen and oxygen atoms in total. The third-order valence-corrected chi connectivity index (χ3v) is 4.29. The molecule has 0 radical (unpaired) electrons. The molecule has 6 heteroatoms. The predicted molar refractivity (Wildman–Crippen MR) is 104 cm³/mol. The lowest BCUT2D eigenvalue weighted by Gasteiger charge is -2.14. The van der Waals surface area contributed by atoms with E-state index in [0.29, 0.717) is 16.9 Å². The molecule has 0 aromatic heterocycles. The van der Waals surface area contributed by atoms with Gasteiger partial charge in [0.2, 0.25) is 11.8 Å². The Labute approximate surface area is 158 Å². The number of anilines is 2. The molecule has 1 saturated carbocycles. The second kappa shape index (κ2) is 8.49. The molecular formula is C21H23N3O3. The van der Waals surface area contributed by atoms with Crippen LogP contribution in [0.2, 0.25) is 0 Å². The van der Waals surface area contributed by atoms with Crippen LogP contribution in [0.3, 0.4) is 0 Å². The lowest BCUT2D eigenvalue weighted by molar-refractivity contribution is -0.117. The van der Waals surface area contributed by atoms with Crippen LogP contribution in [0.25, 0.3) is 0 Å². The minimum absolute atomic E-state index is 0.0507. The number of carbonyl (C=O) groups is 3. The molecule has 1 fully saturated rings. The van der Waals surface area contributed by atoms with Gasteiger partial charge in [0.1, 0.15) is 0 Å². The Balaban J connectivity index is 1.45. The van der Waals surface area contributed by atoms with Gasteiger partial charge < -0.3 is 16.0 Å². The first kappa shape index (κ1) is 18.6. The highest BCUT2D eigenvalue weighted by atomic mass is 16.2. The molecule has 1 aliphatic carbocycles. The van der Waals surface area contributed by atoms with E-state index >= 15 is 0 Å². The number of carbonyl (C=O) groups excluding carboxylic acids is 3. The van der Waals surface area contributed by atoms with Crippen molar-refractivity contribution in [1.29, 1.82) is 0 Å². The van der Waals surface area contributed by atoms with Gasteiger partial charge in [-0.15, -0.1) is 0 Å². The molecular weight excluding hydrogens is 342 g/mol. The van der Waals surface area contributed by atoms with Crippen molar-refractivity contribution >= 4 is 29.1 Å². The fraction of sp³-hybridized carbons (Fsp3) is 0.286. The molecule has 1 aliphatic rings. The van der Waals surface area contributed by atoms with Crippen LogP contribution < -0.4 is 16.0 Å². The zero-order valence-electron chi connectivity index (χ0n) is 15.2. The average Bonchev–Trinajstić information content (AvgIpc) is 3.49. The first-order chi connectivity index (χ1) is 13.0. The van der Waals surface area contributed by atoms with Gasteiger partial charge >= 0.3 is 0 Å². The molecule has 3 rings (SSSR count). The third-order valence-electron chi connectivity index (χ3n) is 4.29. The third kappa shape index (κ3) is 5.67. The maximum Gasteiger partial charge on any atom is 0.251 e. The number of nitrogens with one attached hydrogen (secondary N) is 3. The molecule has 1 unspecified atom stereocenters. The molecule has 0 spiro atoms. The maximum absolute atomic E-state index is 12.2. The Bertz CT molecular complexity index is 814. The molecule has 1 atom stereocenters. The SMILES string of the molecule is CC(CC(=O)Nc1ccc(NC(=O)C2CC2)cc1)NC(=O)c1ccccc1. The lowest BCUT2D eigenvalue weighted by Crippen LogP contribution is -2.35. The number of amides is 3. The van der Waals surface area contributed by atoms with E-state index < -0.39 is 0 Å². The number of benzene rings is 2. The second-order valence-corrected chi connectivity index (χ2v) is 6.83. The highest BCUT2D eigenvalue weighted by molar-refractivity contribution is 5.96. The van der Waals surface area contributed by atoms with Crippen molar-refractivity contribution in [2.24, 2.45) is 5.92 Å². The van der Waals surface area contributed by atoms with Crippen LogP contribution in [-0.4, -0.2) is 23.8 Å². The Morgan fingerprint density at radius 2 is 1.52 bits per heavy atom. The van der Waals surface area contributed by atoms with Crippen molar-refractivity contribution in [1.82, 2.24) is 5.32 Å². The van der Waals surface area contributed by atoms with Gasteiger partial charge in [0.15, 0.2) is 0 Å². The van der Waals surface area contributed by atoms with Gasteiger partial charge in [-0.3, -0.25) is 14.4 Å². The van der Waals surface area contributed by atoms with E-state index in [4.69, 9.17) is 0 Å². The molecule has 3 amide bonds. The molecule has 0 bridgehead atoms. The minimum Gasteiger partial charge on any atom is -0.349 e. The van der Waals surface area contributed by atoms with Gasteiger partial charge in [-0.05, 0) is 56.2 Å². The summed E-state index contributed by atoms with van der Waals surface area (Å²) in [4.78, 5) is 36.0. The van der Waals surface area contributed by atoms with Crippen LogP contribution >= 0.6 is 0 Å². The fourth-order valence-corrected chi connectivity index (χ4v) is 2.66. The molecule has 2 aromatic rings. The molecule has 2 aromatic carbocycles. The van der Waals surface area contributed by atoms with E-state index in [1.54, 1.807) is 55.5 Å². The Kier molecular flexibility index (Phi) is 5.86. The van der Waals surface area contributed by atoms with Crippen LogP contribution in [0.1, 0.15) is 36.5 Å². The second-order valence-electron chi connectivity index (χ2n) is 6.83. The summed E-state index contributed by atoms with van der Waals surface area (Å²) in [5.41, 5.74) is 1.92. The summed E-state index contributed by atoms with van der Waals surface area (Å²) >= 11 is 0. The zero-order valence-corrected chi connectivity index (χ0v) is 15.2. The minimum atomic E-state index is -0.296. The van der Waals surface area contributed by atoms with Crippen molar-refractivity contribution in [2.75, 3.05) is 10.6 Å². The largest absolute Gasteiger partial charge is 0.349 e. The van der Waals surface area contributed by atoms with E-state index in [2.05, 4.69) is 16.0 Å². The van der Waals surface area contributed by atoms with Crippen molar-refractivity contribution in [3.05, 3.63) is 60.2 Å². The normalized spacial score (nSPS) is 14.1. The van der Waals surface area contributed by atoms with Gasteiger partial charge in [0, 0.05) is 35.3 Å². The molecule has 0 saturated heterocycles. The van der Waals surface area contributed by atoms with Crippen molar-refractivity contribution in [2.45, 2.75) is 32.2 Å². The van der Waals surface area contributed by atoms with Crippen molar-refractivity contribution in [3.63, 3.8) is 0 Å². The molecule has 3 N–H and O–H groups in total. The van der Waals surface area contributed by atoms with Crippen LogP contribution in [0, 0.1) is 5.92 Å². The topological polar surface area (TPSA) is 87.3 Å². The molecule has 140 valence electrons. The predicted octanol–water partition coefficient (Wildman–Crippen LogP) is 3.18. The summed E-state index contributed by atoms with van der Waals surface area (Å²) in [5.74, 6) is -0.191. The Morgan fingerprint density at radius 3 is 2.11 bits per heavy atom. The quantitative estimate of drug-likeness (QED) is 0.704. The number of hydrogen-bond acceptors (Lipinski definition) is 3. The van der Waals surface area contributed by atoms with E-state index in [9.17, 15) is 14.4 Å². The summed E-state index contributed by atoms with van der Waals surface area (Å²) in [5, 5.41) is 8.47. The van der Waals surface area contributed by atoms with Crippen LogP contribution in [0.4, 0.5) is 11.4 Å².